The van der Waals surface area contributed by atoms with Crippen LogP contribution in [-0.4, -0.2) is 9.13 Å². The number of hydrogen-bond acceptors (Lipinski definition) is 3. The highest BCUT2D eigenvalue weighted by molar-refractivity contribution is 6.29. The molecule has 13 aromatic rings. The SMILES string of the molecule is c1ccc(N(c2ccccc2)c2cc(N(c3ccccc3)c3ccccc3)cc(-n3c4ccccc4c4c5oc6c(ccc7c6c6ccccc6n7-c6ccccc6)c5ccc43)c2)cc1. The second-order valence-electron chi connectivity index (χ2n) is 16.5. The highest BCUT2D eigenvalue weighted by Crippen LogP contribution is 2.47. The monoisotopic (exact) mass is 832 g/mol. The normalized spacial score (nSPS) is 11.7. The molecule has 0 bridgehead atoms. The van der Waals surface area contributed by atoms with Gasteiger partial charge in [0.1, 0.15) is 11.2 Å². The van der Waals surface area contributed by atoms with Crippen molar-refractivity contribution in [1.82, 2.24) is 9.13 Å². The molecule has 0 atom stereocenters. The fourth-order valence-corrected chi connectivity index (χ4v) is 10.1. The van der Waals surface area contributed by atoms with Crippen molar-refractivity contribution in [2.45, 2.75) is 0 Å². The highest BCUT2D eigenvalue weighted by Gasteiger charge is 2.25. The van der Waals surface area contributed by atoms with Crippen LogP contribution in [0.4, 0.5) is 34.1 Å². The van der Waals surface area contributed by atoms with E-state index in [0.717, 1.165) is 106 Å². The molecule has 0 aliphatic carbocycles. The Morgan fingerprint density at radius 2 is 0.615 bits per heavy atom. The predicted molar refractivity (Wildman–Crippen MR) is 272 cm³/mol. The molecule has 0 radical (unpaired) electrons. The van der Waals surface area contributed by atoms with E-state index in [0.29, 0.717) is 0 Å². The van der Waals surface area contributed by atoms with Gasteiger partial charge < -0.3 is 23.4 Å². The van der Waals surface area contributed by atoms with Crippen LogP contribution in [0, 0.1) is 0 Å². The van der Waals surface area contributed by atoms with E-state index < -0.39 is 0 Å². The van der Waals surface area contributed by atoms with E-state index in [4.69, 9.17) is 4.42 Å². The molecule has 0 fully saturated rings. The lowest BCUT2D eigenvalue weighted by Crippen LogP contribution is -2.14. The van der Waals surface area contributed by atoms with Crippen LogP contribution in [0.5, 0.6) is 0 Å². The van der Waals surface area contributed by atoms with Gasteiger partial charge in [-0.25, -0.2) is 0 Å². The van der Waals surface area contributed by atoms with E-state index in [9.17, 15) is 0 Å². The van der Waals surface area contributed by atoms with E-state index in [-0.39, 0.29) is 0 Å². The molecule has 0 saturated heterocycles. The van der Waals surface area contributed by atoms with Crippen molar-refractivity contribution in [3.63, 3.8) is 0 Å². The molecular weight excluding hydrogens is 793 g/mol. The van der Waals surface area contributed by atoms with E-state index >= 15 is 0 Å². The molecule has 10 aromatic carbocycles. The van der Waals surface area contributed by atoms with Crippen LogP contribution in [0.2, 0.25) is 0 Å². The average molecular weight is 833 g/mol. The zero-order valence-electron chi connectivity index (χ0n) is 35.3. The van der Waals surface area contributed by atoms with Crippen LogP contribution in [0.25, 0.3) is 76.9 Å². The Kier molecular flexibility index (Phi) is 8.46. The van der Waals surface area contributed by atoms with Gasteiger partial charge in [-0.1, -0.05) is 127 Å². The average Bonchev–Trinajstić information content (AvgIpc) is 4.04. The molecule has 0 saturated carbocycles. The Labute approximate surface area is 375 Å². The number of benzene rings is 10. The molecule has 0 spiro atoms. The molecule has 0 N–H and O–H groups in total. The minimum atomic E-state index is 0.887. The lowest BCUT2D eigenvalue weighted by molar-refractivity contribution is 0.677. The highest BCUT2D eigenvalue weighted by atomic mass is 16.3. The molecule has 5 nitrogen and oxygen atoms in total. The number of para-hydroxylation sites is 7. The second kappa shape index (κ2) is 14.9. The third-order valence-corrected chi connectivity index (χ3v) is 12.8. The Hall–Kier alpha value is -8.80. The summed E-state index contributed by atoms with van der Waals surface area (Å²) in [5.41, 5.74) is 14.7. The first-order valence-electron chi connectivity index (χ1n) is 22.1. The van der Waals surface area contributed by atoms with Crippen molar-refractivity contribution in [3.8, 4) is 11.4 Å². The van der Waals surface area contributed by atoms with E-state index in [1.165, 1.54) is 5.39 Å². The molecule has 0 unspecified atom stereocenters. The number of rotatable bonds is 8. The smallest absolute Gasteiger partial charge is 0.145 e. The zero-order valence-corrected chi connectivity index (χ0v) is 35.3. The van der Waals surface area contributed by atoms with E-state index in [1.807, 2.05) is 0 Å². The van der Waals surface area contributed by atoms with Gasteiger partial charge in [0.05, 0.1) is 49.9 Å². The molecule has 3 heterocycles. The van der Waals surface area contributed by atoms with Crippen molar-refractivity contribution in [2.75, 3.05) is 9.80 Å². The molecule has 0 amide bonds. The molecule has 65 heavy (non-hydrogen) atoms. The van der Waals surface area contributed by atoms with Crippen molar-refractivity contribution < 1.29 is 4.42 Å². The Morgan fingerprint density at radius 3 is 1.03 bits per heavy atom. The maximum atomic E-state index is 7.31. The van der Waals surface area contributed by atoms with Crippen molar-refractivity contribution in [2.24, 2.45) is 0 Å². The zero-order chi connectivity index (χ0) is 42.8. The van der Waals surface area contributed by atoms with E-state index in [2.05, 4.69) is 262 Å². The van der Waals surface area contributed by atoms with Gasteiger partial charge in [-0.05, 0) is 115 Å². The van der Waals surface area contributed by atoms with Gasteiger partial charge in [0.25, 0.3) is 0 Å². The Morgan fingerprint density at radius 1 is 0.262 bits per heavy atom. The van der Waals surface area contributed by atoms with Crippen LogP contribution in [0.15, 0.2) is 247 Å². The molecular formula is C60H40N4O. The largest absolute Gasteiger partial charge is 0.455 e. The summed E-state index contributed by atoms with van der Waals surface area (Å²) in [5.74, 6) is 0. The number of anilines is 6. The number of nitrogens with zero attached hydrogens (tertiary/aromatic N) is 4. The van der Waals surface area contributed by atoms with Crippen molar-refractivity contribution in [1.29, 1.82) is 0 Å². The van der Waals surface area contributed by atoms with Gasteiger partial charge in [0, 0.05) is 50.0 Å². The summed E-state index contributed by atoms with van der Waals surface area (Å²) in [6.45, 7) is 0. The van der Waals surface area contributed by atoms with Crippen LogP contribution >= 0.6 is 0 Å². The molecule has 0 aliphatic rings. The van der Waals surface area contributed by atoms with Crippen molar-refractivity contribution in [3.05, 3.63) is 243 Å². The Bertz CT molecular complexity index is 3690. The summed E-state index contributed by atoms with van der Waals surface area (Å²) >= 11 is 0. The van der Waals surface area contributed by atoms with Crippen molar-refractivity contribution >= 4 is 99.7 Å². The van der Waals surface area contributed by atoms with Crippen LogP contribution in [0.1, 0.15) is 0 Å². The quantitative estimate of drug-likeness (QED) is 0.153. The molecule has 306 valence electrons. The van der Waals surface area contributed by atoms with E-state index in [1.54, 1.807) is 0 Å². The standard InChI is InChI=1S/C60H40N4O/c1-6-20-41(21-7-1)61(42-22-8-2-9-23-42)46-38-47(62(43-24-10-3-11-25-43)44-26-12-4-13-27-44)40-48(39-46)64-54-33-19-17-31-52(54)58-56(64)37-35-50-49-34-36-55-57(59(49)65-60(50)58)51-30-16-18-32-53(51)63(55)45-28-14-5-15-29-45/h1-40H. The number of furan rings is 1. The van der Waals surface area contributed by atoms with Crippen LogP contribution in [0.3, 0.4) is 0 Å². The third kappa shape index (κ3) is 5.87. The summed E-state index contributed by atoms with van der Waals surface area (Å²) in [6.07, 6.45) is 0. The van der Waals surface area contributed by atoms with Crippen LogP contribution in [-0.2, 0) is 0 Å². The predicted octanol–water partition coefficient (Wildman–Crippen LogP) is 16.7. The molecule has 13 rings (SSSR count). The second-order valence-corrected chi connectivity index (χ2v) is 16.5. The van der Waals surface area contributed by atoms with Gasteiger partial charge in [0.15, 0.2) is 0 Å². The Balaban J connectivity index is 1.11. The third-order valence-electron chi connectivity index (χ3n) is 12.8. The number of fused-ring (bicyclic) bond motifs is 11. The van der Waals surface area contributed by atoms with Gasteiger partial charge >= 0.3 is 0 Å². The molecule has 3 aromatic heterocycles. The first kappa shape index (κ1) is 36.8. The maximum absolute atomic E-state index is 7.31. The van der Waals surface area contributed by atoms with Crippen LogP contribution < -0.4 is 9.80 Å². The minimum Gasteiger partial charge on any atom is -0.455 e. The first-order valence-corrected chi connectivity index (χ1v) is 22.1. The number of aromatic nitrogens is 2. The minimum absolute atomic E-state index is 0.887. The maximum Gasteiger partial charge on any atom is 0.145 e. The lowest BCUT2D eigenvalue weighted by Gasteiger charge is -2.30. The fraction of sp³-hybridized carbons (Fsp3) is 0. The topological polar surface area (TPSA) is 29.5 Å². The van der Waals surface area contributed by atoms with Gasteiger partial charge in [-0.2, -0.15) is 0 Å². The summed E-state index contributed by atoms with van der Waals surface area (Å²) < 4.78 is 12.1. The van der Waals surface area contributed by atoms with Gasteiger partial charge in [-0.15, -0.1) is 0 Å². The lowest BCUT2D eigenvalue weighted by atomic mass is 10.1. The fourth-order valence-electron chi connectivity index (χ4n) is 10.1. The molecule has 5 heteroatoms. The first-order chi connectivity index (χ1) is 32.3. The summed E-state index contributed by atoms with van der Waals surface area (Å²) in [7, 11) is 0. The summed E-state index contributed by atoms with van der Waals surface area (Å²) in [5, 5.41) is 6.72. The van der Waals surface area contributed by atoms with Gasteiger partial charge in [-0.3, -0.25) is 0 Å². The molecule has 0 aliphatic heterocycles. The summed E-state index contributed by atoms with van der Waals surface area (Å²) in [4.78, 5) is 4.70. The van der Waals surface area contributed by atoms with Gasteiger partial charge in [0.2, 0.25) is 0 Å². The summed E-state index contributed by atoms with van der Waals surface area (Å²) in [6, 6.07) is 86.6. The number of hydrogen-bond donors (Lipinski definition) is 0.